The van der Waals surface area contributed by atoms with Crippen LogP contribution < -0.4 is 4.90 Å². The molecule has 3 aromatic rings. The number of amides is 1. The lowest BCUT2D eigenvalue weighted by Crippen LogP contribution is -2.33. The summed E-state index contributed by atoms with van der Waals surface area (Å²) in [6, 6.07) is 5.98. The van der Waals surface area contributed by atoms with E-state index in [2.05, 4.69) is 35.9 Å². The van der Waals surface area contributed by atoms with E-state index in [0.717, 1.165) is 28.2 Å². The molecule has 1 aromatic carbocycles. The van der Waals surface area contributed by atoms with Gasteiger partial charge >= 0.3 is 0 Å². The second-order valence-electron chi connectivity index (χ2n) is 6.72. The zero-order chi connectivity index (χ0) is 18.5. The monoisotopic (exact) mass is 409 g/mol. The van der Waals surface area contributed by atoms with Crippen LogP contribution in [-0.2, 0) is 10.2 Å². The van der Waals surface area contributed by atoms with Crippen molar-refractivity contribution in [3.63, 3.8) is 0 Å². The fraction of sp³-hybridized carbons (Fsp3) is 0.211. The van der Waals surface area contributed by atoms with Crippen LogP contribution in [0.4, 0.5) is 11.5 Å². The smallest absolute Gasteiger partial charge is 0.242 e. The number of hydrogen-bond donors (Lipinski definition) is 0. The first kappa shape index (κ1) is 16.8. The average molecular weight is 410 g/mol. The van der Waals surface area contributed by atoms with E-state index in [1.54, 1.807) is 29.7 Å². The minimum atomic E-state index is -0.637. The van der Waals surface area contributed by atoms with Crippen molar-refractivity contribution in [3.05, 3.63) is 59.0 Å². The number of aryl methyl sites for hydroxylation is 1. The van der Waals surface area contributed by atoms with Crippen LogP contribution in [0.5, 0.6) is 0 Å². The largest absolute Gasteiger partial charge is 0.273 e. The number of carbonyl (C=O) groups is 1. The molecule has 7 heteroatoms. The topological polar surface area (TPSA) is 71.9 Å². The van der Waals surface area contributed by atoms with E-state index in [4.69, 9.17) is 0 Å². The Morgan fingerprint density at radius 1 is 1.04 bits per heavy atom. The number of halogens is 1. The van der Waals surface area contributed by atoms with Crippen molar-refractivity contribution < 1.29 is 4.79 Å². The molecular weight excluding hydrogens is 394 g/mol. The minimum Gasteiger partial charge on any atom is -0.273 e. The normalized spacial score (nSPS) is 15.2. The van der Waals surface area contributed by atoms with Gasteiger partial charge in [0.05, 0.1) is 23.5 Å². The third-order valence-electron chi connectivity index (χ3n) is 4.59. The van der Waals surface area contributed by atoms with Crippen molar-refractivity contribution >= 4 is 33.3 Å². The fourth-order valence-corrected chi connectivity index (χ4v) is 3.44. The summed E-state index contributed by atoms with van der Waals surface area (Å²) in [6.45, 7) is 5.70. The molecule has 0 aliphatic carbocycles. The Kier molecular flexibility index (Phi) is 3.84. The summed E-state index contributed by atoms with van der Waals surface area (Å²) in [5.74, 6) is 1.18. The maximum Gasteiger partial charge on any atom is 0.242 e. The summed E-state index contributed by atoms with van der Waals surface area (Å²) < 4.78 is 0.581. The SMILES string of the molecule is Cc1ncc(-c2ccc3c(c2)N(c2cncc(Br)n2)C(=O)C3(C)C)cn1. The van der Waals surface area contributed by atoms with E-state index < -0.39 is 5.41 Å². The summed E-state index contributed by atoms with van der Waals surface area (Å²) in [5, 5.41) is 0. The Morgan fingerprint density at radius 2 is 1.77 bits per heavy atom. The Morgan fingerprint density at radius 3 is 2.46 bits per heavy atom. The molecule has 0 unspecified atom stereocenters. The third kappa shape index (κ3) is 2.59. The molecule has 0 N–H and O–H groups in total. The van der Waals surface area contributed by atoms with E-state index in [0.29, 0.717) is 10.4 Å². The standard InChI is InChI=1S/C19H16BrN5O/c1-11-22-7-13(8-23-11)12-4-5-14-15(6-12)25(18(26)19(14,2)3)17-10-21-9-16(20)24-17/h4-10H,1-3H3. The van der Waals surface area contributed by atoms with Gasteiger partial charge in [0, 0.05) is 18.0 Å². The van der Waals surface area contributed by atoms with E-state index in [1.807, 2.05) is 39.0 Å². The van der Waals surface area contributed by atoms with Gasteiger partial charge in [-0.25, -0.2) is 15.0 Å². The van der Waals surface area contributed by atoms with Crippen molar-refractivity contribution in [2.24, 2.45) is 0 Å². The van der Waals surface area contributed by atoms with Gasteiger partial charge in [0.1, 0.15) is 10.4 Å². The molecule has 0 radical (unpaired) electrons. The van der Waals surface area contributed by atoms with Crippen LogP contribution >= 0.6 is 15.9 Å². The first-order valence-corrected chi connectivity index (χ1v) is 8.93. The zero-order valence-corrected chi connectivity index (χ0v) is 16.1. The molecule has 0 spiro atoms. The number of carbonyl (C=O) groups excluding carboxylic acids is 1. The highest BCUT2D eigenvalue weighted by Crippen LogP contribution is 2.46. The molecule has 0 bridgehead atoms. The second kappa shape index (κ2) is 5.95. The number of aromatic nitrogens is 4. The molecule has 130 valence electrons. The number of benzene rings is 1. The molecule has 3 heterocycles. The Bertz CT molecular complexity index is 1020. The molecule has 1 aliphatic heterocycles. The van der Waals surface area contributed by atoms with Gasteiger partial charge in [0.15, 0.2) is 5.82 Å². The zero-order valence-electron chi connectivity index (χ0n) is 14.6. The lowest BCUT2D eigenvalue weighted by atomic mass is 9.85. The predicted molar refractivity (Wildman–Crippen MR) is 102 cm³/mol. The van der Waals surface area contributed by atoms with Crippen LogP contribution in [0.15, 0.2) is 47.6 Å². The molecule has 1 amide bonds. The highest BCUT2D eigenvalue weighted by atomic mass is 79.9. The van der Waals surface area contributed by atoms with Crippen molar-refractivity contribution in [2.45, 2.75) is 26.2 Å². The molecule has 4 rings (SSSR count). The number of hydrogen-bond acceptors (Lipinski definition) is 5. The number of anilines is 2. The summed E-state index contributed by atoms with van der Waals surface area (Å²) in [6.07, 6.45) is 6.76. The van der Waals surface area contributed by atoms with Gasteiger partial charge in [-0.1, -0.05) is 12.1 Å². The van der Waals surface area contributed by atoms with Gasteiger partial charge in [0.25, 0.3) is 0 Å². The molecule has 26 heavy (non-hydrogen) atoms. The lowest BCUT2D eigenvalue weighted by Gasteiger charge is -2.19. The first-order chi connectivity index (χ1) is 12.4. The predicted octanol–water partition coefficient (Wildman–Crippen LogP) is 3.96. The summed E-state index contributed by atoms with van der Waals surface area (Å²) in [5.41, 5.74) is 2.98. The maximum atomic E-state index is 13.1. The second-order valence-corrected chi connectivity index (χ2v) is 7.53. The minimum absolute atomic E-state index is 0.0304. The number of fused-ring (bicyclic) bond motifs is 1. The van der Waals surface area contributed by atoms with Gasteiger partial charge in [0.2, 0.25) is 5.91 Å². The highest BCUT2D eigenvalue weighted by Gasteiger charge is 2.45. The third-order valence-corrected chi connectivity index (χ3v) is 4.97. The molecule has 0 atom stereocenters. The maximum absolute atomic E-state index is 13.1. The average Bonchev–Trinajstić information content (AvgIpc) is 2.81. The van der Waals surface area contributed by atoms with Gasteiger partial charge in [-0.05, 0) is 53.9 Å². The molecule has 0 saturated heterocycles. The van der Waals surface area contributed by atoms with E-state index in [1.165, 1.54) is 0 Å². The van der Waals surface area contributed by atoms with Crippen LogP contribution in [0.1, 0.15) is 25.2 Å². The molecule has 1 aliphatic rings. The highest BCUT2D eigenvalue weighted by molar-refractivity contribution is 9.10. The van der Waals surface area contributed by atoms with E-state index in [-0.39, 0.29) is 5.91 Å². The fourth-order valence-electron chi connectivity index (χ4n) is 3.14. The summed E-state index contributed by atoms with van der Waals surface area (Å²) in [4.78, 5) is 31.8. The Labute approximate surface area is 159 Å². The molecule has 0 fully saturated rings. The summed E-state index contributed by atoms with van der Waals surface area (Å²) >= 11 is 3.33. The van der Waals surface area contributed by atoms with Crippen LogP contribution in [0.3, 0.4) is 0 Å². The van der Waals surface area contributed by atoms with Crippen molar-refractivity contribution in [3.8, 4) is 11.1 Å². The van der Waals surface area contributed by atoms with E-state index in [9.17, 15) is 4.79 Å². The molecule has 2 aromatic heterocycles. The summed E-state index contributed by atoms with van der Waals surface area (Å²) in [7, 11) is 0. The van der Waals surface area contributed by atoms with Crippen molar-refractivity contribution in [1.82, 2.24) is 19.9 Å². The van der Waals surface area contributed by atoms with Crippen LogP contribution in [0, 0.1) is 6.92 Å². The van der Waals surface area contributed by atoms with Crippen LogP contribution in [-0.4, -0.2) is 25.8 Å². The van der Waals surface area contributed by atoms with Crippen LogP contribution in [0.25, 0.3) is 11.1 Å². The van der Waals surface area contributed by atoms with Crippen LogP contribution in [0.2, 0.25) is 0 Å². The quantitative estimate of drug-likeness (QED) is 0.640. The van der Waals surface area contributed by atoms with Gasteiger partial charge in [-0.2, -0.15) is 0 Å². The van der Waals surface area contributed by atoms with E-state index >= 15 is 0 Å². The molecular formula is C19H16BrN5O. The lowest BCUT2D eigenvalue weighted by molar-refractivity contribution is -0.121. The molecule has 0 saturated carbocycles. The van der Waals surface area contributed by atoms with Crippen molar-refractivity contribution in [2.75, 3.05) is 4.90 Å². The Hall–Kier alpha value is -2.67. The van der Waals surface area contributed by atoms with Crippen molar-refractivity contribution in [1.29, 1.82) is 0 Å². The molecule has 6 nitrogen and oxygen atoms in total. The first-order valence-electron chi connectivity index (χ1n) is 8.13. The Balaban J connectivity index is 1.89. The number of rotatable bonds is 2. The number of nitrogens with zero attached hydrogens (tertiary/aromatic N) is 5. The van der Waals surface area contributed by atoms with Gasteiger partial charge in [-0.15, -0.1) is 0 Å². The van der Waals surface area contributed by atoms with Gasteiger partial charge in [-0.3, -0.25) is 14.7 Å². The van der Waals surface area contributed by atoms with Gasteiger partial charge < -0.3 is 0 Å².